The van der Waals surface area contributed by atoms with Gasteiger partial charge in [-0.2, -0.15) is 0 Å². The maximum Gasteiger partial charge on any atom is 0.317 e. The van der Waals surface area contributed by atoms with Crippen molar-refractivity contribution < 1.29 is 14.7 Å². The normalized spacial score (nSPS) is 22.8. The number of nitrogens with zero attached hydrogens (tertiary/aromatic N) is 1. The van der Waals surface area contributed by atoms with Gasteiger partial charge in [-0.15, -0.1) is 0 Å². The van der Waals surface area contributed by atoms with Crippen LogP contribution in [0.2, 0.25) is 0 Å². The van der Waals surface area contributed by atoms with Crippen LogP contribution in [0.4, 0.5) is 4.79 Å². The first-order valence-corrected chi connectivity index (χ1v) is 6.96. The average molecular weight is 270 g/mol. The van der Waals surface area contributed by atoms with Crippen molar-refractivity contribution in [3.05, 3.63) is 0 Å². The van der Waals surface area contributed by atoms with Crippen LogP contribution in [0.3, 0.4) is 0 Å². The molecule has 5 heteroatoms. The van der Waals surface area contributed by atoms with E-state index in [2.05, 4.69) is 19.2 Å². The first kappa shape index (κ1) is 15.8. The van der Waals surface area contributed by atoms with Crippen LogP contribution in [-0.4, -0.2) is 42.1 Å². The van der Waals surface area contributed by atoms with E-state index in [1.165, 1.54) is 17.7 Å². The van der Waals surface area contributed by atoms with E-state index in [1.807, 2.05) is 0 Å². The standard InChI is InChI=1S/C14H26N2O3/c1-10(12(17)18)9-16(4)13(19)15-8-11-6-5-7-14(11,2)3/h10-11H,5-9H2,1-4H3,(H,15,19)(H,17,18). The Kier molecular flexibility index (Phi) is 5.20. The van der Waals surface area contributed by atoms with Crippen molar-refractivity contribution in [1.29, 1.82) is 0 Å². The number of carbonyl (C=O) groups excluding carboxylic acids is 1. The quantitative estimate of drug-likeness (QED) is 0.804. The molecule has 0 aromatic carbocycles. The lowest BCUT2D eigenvalue weighted by Crippen LogP contribution is -2.43. The van der Waals surface area contributed by atoms with Crippen LogP contribution in [-0.2, 0) is 4.79 Å². The lowest BCUT2D eigenvalue weighted by molar-refractivity contribution is -0.141. The molecule has 0 saturated heterocycles. The number of aliphatic carboxylic acids is 1. The minimum atomic E-state index is -0.878. The van der Waals surface area contributed by atoms with Crippen LogP contribution in [0.25, 0.3) is 0 Å². The minimum absolute atomic E-state index is 0.184. The number of hydrogen-bond donors (Lipinski definition) is 2. The van der Waals surface area contributed by atoms with Crippen LogP contribution in [0.1, 0.15) is 40.0 Å². The number of hydrogen-bond acceptors (Lipinski definition) is 2. The van der Waals surface area contributed by atoms with Crippen molar-refractivity contribution in [3.63, 3.8) is 0 Å². The summed E-state index contributed by atoms with van der Waals surface area (Å²) < 4.78 is 0. The van der Waals surface area contributed by atoms with Gasteiger partial charge in [0, 0.05) is 20.1 Å². The van der Waals surface area contributed by atoms with Crippen molar-refractivity contribution in [2.75, 3.05) is 20.1 Å². The number of urea groups is 1. The fourth-order valence-corrected chi connectivity index (χ4v) is 2.69. The number of nitrogens with one attached hydrogen (secondary N) is 1. The van der Waals surface area contributed by atoms with Crippen molar-refractivity contribution in [2.24, 2.45) is 17.3 Å². The molecule has 0 aliphatic heterocycles. The maximum absolute atomic E-state index is 11.9. The first-order chi connectivity index (χ1) is 8.74. The summed E-state index contributed by atoms with van der Waals surface area (Å²) in [7, 11) is 1.63. The minimum Gasteiger partial charge on any atom is -0.481 e. The van der Waals surface area contributed by atoms with Gasteiger partial charge in [-0.3, -0.25) is 4.79 Å². The van der Waals surface area contributed by atoms with Crippen LogP contribution in [0.5, 0.6) is 0 Å². The van der Waals surface area contributed by atoms with Gasteiger partial charge >= 0.3 is 12.0 Å². The van der Waals surface area contributed by atoms with Crippen LogP contribution >= 0.6 is 0 Å². The molecule has 0 aromatic heterocycles. The summed E-state index contributed by atoms with van der Waals surface area (Å²) in [6.07, 6.45) is 3.58. The Balaban J connectivity index is 2.36. The monoisotopic (exact) mass is 270 g/mol. The zero-order valence-electron chi connectivity index (χ0n) is 12.4. The van der Waals surface area contributed by atoms with Gasteiger partial charge in [0.15, 0.2) is 0 Å². The number of carboxylic acid groups (broad SMARTS) is 1. The fourth-order valence-electron chi connectivity index (χ4n) is 2.69. The van der Waals surface area contributed by atoms with Crippen molar-refractivity contribution >= 4 is 12.0 Å². The molecule has 0 heterocycles. The molecule has 110 valence electrons. The molecule has 2 amide bonds. The molecule has 5 nitrogen and oxygen atoms in total. The lowest BCUT2D eigenvalue weighted by Gasteiger charge is -2.28. The highest BCUT2D eigenvalue weighted by Gasteiger charge is 2.34. The van der Waals surface area contributed by atoms with E-state index in [9.17, 15) is 9.59 Å². The summed E-state index contributed by atoms with van der Waals surface area (Å²) in [5.74, 6) is -0.906. The topological polar surface area (TPSA) is 69.6 Å². The van der Waals surface area contributed by atoms with E-state index >= 15 is 0 Å². The second kappa shape index (κ2) is 6.26. The second-order valence-corrected chi connectivity index (χ2v) is 6.38. The van der Waals surface area contributed by atoms with Gasteiger partial charge < -0.3 is 15.3 Å². The highest BCUT2D eigenvalue weighted by molar-refractivity contribution is 5.75. The van der Waals surface area contributed by atoms with Crippen LogP contribution < -0.4 is 5.32 Å². The molecule has 2 N–H and O–H groups in total. The Bertz CT molecular complexity index is 342. The summed E-state index contributed by atoms with van der Waals surface area (Å²) >= 11 is 0. The van der Waals surface area contributed by atoms with Crippen LogP contribution in [0.15, 0.2) is 0 Å². The van der Waals surface area contributed by atoms with E-state index in [1.54, 1.807) is 14.0 Å². The summed E-state index contributed by atoms with van der Waals surface area (Å²) in [6.45, 7) is 7.00. The van der Waals surface area contributed by atoms with Gasteiger partial charge in [-0.25, -0.2) is 4.79 Å². The molecular formula is C14H26N2O3. The molecule has 0 aromatic rings. The first-order valence-electron chi connectivity index (χ1n) is 6.96. The van der Waals surface area contributed by atoms with Gasteiger partial charge in [-0.1, -0.05) is 27.2 Å². The highest BCUT2D eigenvalue weighted by atomic mass is 16.4. The number of carbonyl (C=O) groups is 2. The van der Waals surface area contributed by atoms with Gasteiger partial charge in [0.2, 0.25) is 0 Å². The Morgan fingerprint density at radius 1 is 1.47 bits per heavy atom. The summed E-state index contributed by atoms with van der Waals surface area (Å²) in [5, 5.41) is 11.7. The van der Waals surface area contributed by atoms with Gasteiger partial charge in [0.1, 0.15) is 0 Å². The van der Waals surface area contributed by atoms with E-state index in [0.717, 1.165) is 6.42 Å². The largest absolute Gasteiger partial charge is 0.481 e. The third-order valence-electron chi connectivity index (χ3n) is 4.29. The predicted molar refractivity (Wildman–Crippen MR) is 74.0 cm³/mol. The maximum atomic E-state index is 11.9. The number of carboxylic acids is 1. The van der Waals surface area contributed by atoms with Gasteiger partial charge in [0.05, 0.1) is 5.92 Å². The van der Waals surface area contributed by atoms with Gasteiger partial charge in [0.25, 0.3) is 0 Å². The smallest absolute Gasteiger partial charge is 0.317 e. The molecule has 2 atom stereocenters. The van der Waals surface area contributed by atoms with Crippen LogP contribution in [0, 0.1) is 17.3 Å². The zero-order chi connectivity index (χ0) is 14.6. The molecular weight excluding hydrogens is 244 g/mol. The Morgan fingerprint density at radius 3 is 2.58 bits per heavy atom. The molecule has 1 aliphatic rings. The van der Waals surface area contributed by atoms with E-state index in [0.29, 0.717) is 17.9 Å². The second-order valence-electron chi connectivity index (χ2n) is 6.38. The molecule has 0 bridgehead atoms. The van der Waals surface area contributed by atoms with Crippen molar-refractivity contribution in [3.8, 4) is 0 Å². The molecule has 1 aliphatic carbocycles. The van der Waals surface area contributed by atoms with E-state index in [4.69, 9.17) is 5.11 Å². The number of rotatable bonds is 5. The van der Waals surface area contributed by atoms with E-state index in [-0.39, 0.29) is 12.6 Å². The average Bonchev–Trinajstić information content (AvgIpc) is 2.64. The predicted octanol–water partition coefficient (Wildman–Crippen LogP) is 2.17. The summed E-state index contributed by atoms with van der Waals surface area (Å²) in [4.78, 5) is 24.1. The number of amides is 2. The van der Waals surface area contributed by atoms with Gasteiger partial charge in [-0.05, 0) is 24.2 Å². The Morgan fingerprint density at radius 2 is 2.11 bits per heavy atom. The highest BCUT2D eigenvalue weighted by Crippen LogP contribution is 2.41. The molecule has 1 fully saturated rings. The van der Waals surface area contributed by atoms with Crippen molar-refractivity contribution in [2.45, 2.75) is 40.0 Å². The third kappa shape index (κ3) is 4.40. The molecule has 1 rings (SSSR count). The Hall–Kier alpha value is -1.26. The zero-order valence-corrected chi connectivity index (χ0v) is 12.4. The molecule has 0 spiro atoms. The molecule has 1 saturated carbocycles. The molecule has 19 heavy (non-hydrogen) atoms. The SMILES string of the molecule is CC(CN(C)C(=O)NCC1CCCC1(C)C)C(=O)O. The lowest BCUT2D eigenvalue weighted by atomic mass is 9.82. The molecule has 2 unspecified atom stereocenters. The van der Waals surface area contributed by atoms with E-state index < -0.39 is 11.9 Å². The Labute approximate surface area is 115 Å². The third-order valence-corrected chi connectivity index (χ3v) is 4.29. The fraction of sp³-hybridized carbons (Fsp3) is 0.857. The molecule has 0 radical (unpaired) electrons. The van der Waals surface area contributed by atoms with Crippen molar-refractivity contribution in [1.82, 2.24) is 10.2 Å². The summed E-state index contributed by atoms with van der Waals surface area (Å²) in [6, 6.07) is -0.184. The summed E-state index contributed by atoms with van der Waals surface area (Å²) in [5.41, 5.74) is 0.292.